The van der Waals surface area contributed by atoms with Crippen LogP contribution in [-0.4, -0.2) is 36.6 Å². The minimum Gasteiger partial charge on any atom is -0.352 e. The first-order chi connectivity index (χ1) is 13.7. The number of nitrogens with zero attached hydrogens (tertiary/aromatic N) is 5. The summed E-state index contributed by atoms with van der Waals surface area (Å²) in [5.74, 6) is -0.0505. The minimum absolute atomic E-state index is 0.0505. The Morgan fingerprint density at radius 3 is 2.82 bits per heavy atom. The van der Waals surface area contributed by atoms with E-state index < -0.39 is 0 Å². The third kappa shape index (κ3) is 4.25. The number of carbonyl (C=O) groups is 1. The molecule has 0 spiro atoms. The van der Waals surface area contributed by atoms with Gasteiger partial charge in [-0.25, -0.2) is 14.5 Å². The van der Waals surface area contributed by atoms with Gasteiger partial charge in [0.05, 0.1) is 12.0 Å². The van der Waals surface area contributed by atoms with E-state index in [2.05, 4.69) is 20.4 Å². The lowest BCUT2D eigenvalue weighted by molar-refractivity contribution is 0.0953. The van der Waals surface area contributed by atoms with E-state index in [1.165, 1.54) is 0 Å². The Hall–Kier alpha value is -3.48. The number of nitrogens with one attached hydrogen (secondary N) is 1. The summed E-state index contributed by atoms with van der Waals surface area (Å²) in [7, 11) is 0. The number of hydrogen-bond donors (Lipinski definition) is 1. The van der Waals surface area contributed by atoms with E-state index in [0.717, 1.165) is 41.9 Å². The van der Waals surface area contributed by atoms with Crippen molar-refractivity contribution in [1.29, 1.82) is 0 Å². The first-order valence-electron chi connectivity index (χ1n) is 9.31. The smallest absolute Gasteiger partial charge is 0.251 e. The number of aromatic nitrogens is 5. The van der Waals surface area contributed by atoms with Gasteiger partial charge in [0, 0.05) is 49.5 Å². The maximum atomic E-state index is 12.3. The molecule has 0 radical (unpaired) electrons. The van der Waals surface area contributed by atoms with Crippen LogP contribution in [0.1, 0.15) is 33.6 Å². The van der Waals surface area contributed by atoms with Crippen molar-refractivity contribution in [3.8, 4) is 0 Å². The van der Waals surface area contributed by atoms with Crippen molar-refractivity contribution in [2.24, 2.45) is 0 Å². The fourth-order valence-electron chi connectivity index (χ4n) is 3.11. The highest BCUT2D eigenvalue weighted by atomic mass is 16.1. The van der Waals surface area contributed by atoms with Gasteiger partial charge in [-0.1, -0.05) is 12.1 Å². The molecule has 0 atom stereocenters. The van der Waals surface area contributed by atoms with Crippen molar-refractivity contribution < 1.29 is 4.79 Å². The van der Waals surface area contributed by atoms with Crippen molar-refractivity contribution in [2.75, 3.05) is 6.54 Å². The molecule has 0 bridgehead atoms. The molecule has 0 unspecified atom stereocenters. The van der Waals surface area contributed by atoms with E-state index >= 15 is 0 Å². The van der Waals surface area contributed by atoms with Crippen LogP contribution >= 0.6 is 0 Å². The summed E-state index contributed by atoms with van der Waals surface area (Å²) in [6, 6.07) is 9.62. The van der Waals surface area contributed by atoms with E-state index in [0.29, 0.717) is 12.1 Å². The van der Waals surface area contributed by atoms with Gasteiger partial charge in [0.15, 0.2) is 5.65 Å². The maximum Gasteiger partial charge on any atom is 0.251 e. The van der Waals surface area contributed by atoms with Gasteiger partial charge in [-0.2, -0.15) is 5.10 Å². The molecule has 1 amide bonds. The number of fused-ring (bicyclic) bond motifs is 1. The lowest BCUT2D eigenvalue weighted by Crippen LogP contribution is -2.24. The summed E-state index contributed by atoms with van der Waals surface area (Å²) in [5.41, 5.74) is 4.71. The first kappa shape index (κ1) is 17.9. The quantitative estimate of drug-likeness (QED) is 0.505. The topological polar surface area (TPSA) is 77.1 Å². The molecule has 0 saturated heterocycles. The van der Waals surface area contributed by atoms with Crippen LogP contribution in [0.25, 0.3) is 5.65 Å². The molecule has 7 nitrogen and oxygen atoms in total. The third-order valence-corrected chi connectivity index (χ3v) is 4.56. The average molecular weight is 374 g/mol. The Morgan fingerprint density at radius 1 is 1.18 bits per heavy atom. The standard InChI is InChI=1S/C21H22N6O/c1-16-11-20-24-12-18(14-27(20)25-16)3-2-8-23-21(28)19-6-4-17(5-7-19)13-26-10-9-22-15-26/h4-7,9-12,14-15H,2-3,8,13H2,1H3,(H,23,28). The molecule has 1 aromatic carbocycles. The largest absolute Gasteiger partial charge is 0.352 e. The molecule has 4 rings (SSSR count). The predicted molar refractivity (Wildman–Crippen MR) is 106 cm³/mol. The van der Waals surface area contributed by atoms with Crippen LogP contribution in [0, 0.1) is 6.92 Å². The summed E-state index contributed by atoms with van der Waals surface area (Å²) in [6.45, 7) is 3.32. The number of rotatable bonds is 7. The molecule has 142 valence electrons. The third-order valence-electron chi connectivity index (χ3n) is 4.56. The van der Waals surface area contributed by atoms with E-state index in [4.69, 9.17) is 0 Å². The molecule has 3 aromatic heterocycles. The van der Waals surface area contributed by atoms with Crippen LogP contribution in [0.5, 0.6) is 0 Å². The number of amides is 1. The Labute approximate surface area is 163 Å². The van der Waals surface area contributed by atoms with Crippen molar-refractivity contribution >= 4 is 11.6 Å². The summed E-state index contributed by atoms with van der Waals surface area (Å²) >= 11 is 0. The van der Waals surface area contributed by atoms with Gasteiger partial charge in [0.2, 0.25) is 0 Å². The van der Waals surface area contributed by atoms with Crippen molar-refractivity contribution in [3.63, 3.8) is 0 Å². The number of carbonyl (C=O) groups excluding carboxylic acids is 1. The van der Waals surface area contributed by atoms with Crippen LogP contribution in [0.3, 0.4) is 0 Å². The molecule has 0 aliphatic rings. The number of aryl methyl sites for hydroxylation is 2. The lowest BCUT2D eigenvalue weighted by atomic mass is 10.1. The second-order valence-electron chi connectivity index (χ2n) is 6.84. The molecule has 28 heavy (non-hydrogen) atoms. The lowest BCUT2D eigenvalue weighted by Gasteiger charge is -2.07. The van der Waals surface area contributed by atoms with E-state index in [1.807, 2.05) is 60.4 Å². The summed E-state index contributed by atoms with van der Waals surface area (Å²) < 4.78 is 3.79. The SMILES string of the molecule is Cc1cc2ncc(CCCNC(=O)c3ccc(Cn4ccnc4)cc3)cn2n1. The highest BCUT2D eigenvalue weighted by Gasteiger charge is 2.06. The monoisotopic (exact) mass is 374 g/mol. The van der Waals surface area contributed by atoms with Crippen LogP contribution < -0.4 is 5.32 Å². The molecule has 0 saturated carbocycles. The highest BCUT2D eigenvalue weighted by Crippen LogP contribution is 2.08. The second kappa shape index (κ2) is 8.04. The maximum absolute atomic E-state index is 12.3. The molecule has 4 aromatic rings. The zero-order chi connectivity index (χ0) is 19.3. The van der Waals surface area contributed by atoms with E-state index in [-0.39, 0.29) is 5.91 Å². The summed E-state index contributed by atoms with van der Waals surface area (Å²) in [6.07, 6.45) is 11.0. The minimum atomic E-state index is -0.0505. The van der Waals surface area contributed by atoms with Crippen molar-refractivity contribution in [3.05, 3.63) is 83.8 Å². The first-order valence-corrected chi connectivity index (χ1v) is 9.31. The number of benzene rings is 1. The zero-order valence-corrected chi connectivity index (χ0v) is 15.7. The van der Waals surface area contributed by atoms with E-state index in [1.54, 1.807) is 17.0 Å². The summed E-state index contributed by atoms with van der Waals surface area (Å²) in [5, 5.41) is 7.36. The van der Waals surface area contributed by atoms with Crippen LogP contribution in [0.4, 0.5) is 0 Å². The Kier molecular flexibility index (Phi) is 5.14. The Bertz CT molecular complexity index is 1070. The highest BCUT2D eigenvalue weighted by molar-refractivity contribution is 5.94. The van der Waals surface area contributed by atoms with Gasteiger partial charge >= 0.3 is 0 Å². The molecule has 0 fully saturated rings. The zero-order valence-electron chi connectivity index (χ0n) is 15.7. The van der Waals surface area contributed by atoms with Crippen LogP contribution in [-0.2, 0) is 13.0 Å². The molecular formula is C21H22N6O. The predicted octanol–water partition coefficient (Wildman–Crippen LogP) is 2.65. The number of imidazole rings is 1. The van der Waals surface area contributed by atoms with Gasteiger partial charge in [0.1, 0.15) is 0 Å². The Balaban J connectivity index is 1.25. The second-order valence-corrected chi connectivity index (χ2v) is 6.84. The molecular weight excluding hydrogens is 352 g/mol. The normalized spacial score (nSPS) is 11.0. The molecule has 1 N–H and O–H groups in total. The van der Waals surface area contributed by atoms with Crippen LogP contribution in [0.15, 0.2) is 61.4 Å². The molecule has 3 heterocycles. The Morgan fingerprint density at radius 2 is 2.04 bits per heavy atom. The van der Waals surface area contributed by atoms with Crippen molar-refractivity contribution in [1.82, 2.24) is 29.5 Å². The fraction of sp³-hybridized carbons (Fsp3) is 0.238. The van der Waals surface area contributed by atoms with Gasteiger partial charge in [-0.15, -0.1) is 0 Å². The molecule has 7 heteroatoms. The van der Waals surface area contributed by atoms with Gasteiger partial charge in [-0.3, -0.25) is 4.79 Å². The molecule has 0 aliphatic carbocycles. The molecule has 0 aliphatic heterocycles. The summed E-state index contributed by atoms with van der Waals surface area (Å²) in [4.78, 5) is 20.7. The van der Waals surface area contributed by atoms with Gasteiger partial charge in [-0.05, 0) is 43.0 Å². The van der Waals surface area contributed by atoms with Crippen molar-refractivity contribution in [2.45, 2.75) is 26.3 Å². The van der Waals surface area contributed by atoms with E-state index in [9.17, 15) is 4.79 Å². The van der Waals surface area contributed by atoms with Gasteiger partial charge in [0.25, 0.3) is 5.91 Å². The average Bonchev–Trinajstić information content (AvgIpc) is 3.33. The fourth-order valence-corrected chi connectivity index (χ4v) is 3.11. The van der Waals surface area contributed by atoms with Gasteiger partial charge < -0.3 is 9.88 Å². The van der Waals surface area contributed by atoms with Crippen LogP contribution in [0.2, 0.25) is 0 Å². The number of hydrogen-bond acceptors (Lipinski definition) is 4.